The predicted octanol–water partition coefficient (Wildman–Crippen LogP) is 4.04. The topological polar surface area (TPSA) is 118 Å². The maximum atomic E-state index is 12.3. The summed E-state index contributed by atoms with van der Waals surface area (Å²) >= 11 is 0. The minimum absolute atomic E-state index is 0.0264. The largest absolute Gasteiger partial charge is 0.462 e. The number of ketones is 1. The molecule has 2 heterocycles. The van der Waals surface area contributed by atoms with Crippen molar-refractivity contribution in [1.82, 2.24) is 9.97 Å². The summed E-state index contributed by atoms with van der Waals surface area (Å²) in [5.41, 5.74) is 1.05. The number of benzene rings is 1. The maximum absolute atomic E-state index is 12.3. The van der Waals surface area contributed by atoms with E-state index in [0.717, 1.165) is 5.56 Å². The van der Waals surface area contributed by atoms with E-state index in [4.69, 9.17) is 9.15 Å². The van der Waals surface area contributed by atoms with Gasteiger partial charge in [0.05, 0.1) is 12.2 Å². The Kier molecular flexibility index (Phi) is 5.69. The highest BCUT2D eigenvalue weighted by atomic mass is 16.5. The quantitative estimate of drug-likeness (QED) is 0.495. The first kappa shape index (κ1) is 19.8. The summed E-state index contributed by atoms with van der Waals surface area (Å²) in [6, 6.07) is 11.2. The molecule has 2 aromatic heterocycles. The number of esters is 1. The van der Waals surface area contributed by atoms with E-state index < -0.39 is 5.97 Å². The van der Waals surface area contributed by atoms with Crippen LogP contribution in [0, 0.1) is 18.3 Å². The van der Waals surface area contributed by atoms with E-state index in [1.165, 1.54) is 13.1 Å². The molecule has 0 saturated carbocycles. The lowest BCUT2D eigenvalue weighted by atomic mass is 10.1. The molecule has 8 nitrogen and oxygen atoms in total. The Morgan fingerprint density at radius 1 is 1.28 bits per heavy atom. The van der Waals surface area contributed by atoms with Crippen LogP contribution < -0.4 is 5.32 Å². The number of anilines is 2. The molecule has 0 spiro atoms. The predicted molar refractivity (Wildman–Crippen MR) is 105 cm³/mol. The zero-order valence-corrected chi connectivity index (χ0v) is 16.1. The molecule has 3 rings (SSSR count). The van der Waals surface area contributed by atoms with Crippen molar-refractivity contribution in [3.05, 3.63) is 59.0 Å². The molecule has 29 heavy (non-hydrogen) atoms. The van der Waals surface area contributed by atoms with Gasteiger partial charge in [-0.05, 0) is 20.8 Å². The Hall–Kier alpha value is -3.99. The van der Waals surface area contributed by atoms with Gasteiger partial charge >= 0.3 is 5.97 Å². The van der Waals surface area contributed by atoms with E-state index in [0.29, 0.717) is 11.6 Å². The number of carbonyl (C=O) groups excluding carboxylic acids is 2. The van der Waals surface area contributed by atoms with E-state index in [1.807, 2.05) is 36.4 Å². The second-order valence-corrected chi connectivity index (χ2v) is 6.07. The molecule has 1 N–H and O–H groups in total. The lowest BCUT2D eigenvalue weighted by Gasteiger charge is -2.10. The van der Waals surface area contributed by atoms with Crippen LogP contribution in [0.2, 0.25) is 0 Å². The van der Waals surface area contributed by atoms with Crippen LogP contribution in [0.3, 0.4) is 0 Å². The second-order valence-electron chi connectivity index (χ2n) is 6.07. The standard InChI is InChI=1S/C21H18N4O4/c1-4-28-21(27)16-11-23-18(14-8-6-5-7-9-14)24-19(16)25-20-15(10-22)17(12(2)26)13(3)29-20/h5-9,11H,4H2,1-3H3,(H,23,24,25). The Balaban J connectivity index is 2.12. The van der Waals surface area contributed by atoms with Gasteiger partial charge in [0, 0.05) is 11.8 Å². The molecule has 146 valence electrons. The number of aryl methyl sites for hydroxylation is 1. The number of nitrogens with one attached hydrogen (secondary N) is 1. The lowest BCUT2D eigenvalue weighted by Crippen LogP contribution is -2.11. The van der Waals surface area contributed by atoms with Crippen LogP contribution in [0.4, 0.5) is 11.7 Å². The fourth-order valence-corrected chi connectivity index (χ4v) is 2.83. The minimum atomic E-state index is -0.622. The average Bonchev–Trinajstić information content (AvgIpc) is 3.03. The maximum Gasteiger partial charge on any atom is 0.343 e. The number of aromatic nitrogens is 2. The van der Waals surface area contributed by atoms with Gasteiger partial charge in [0.15, 0.2) is 17.4 Å². The third-order valence-electron chi connectivity index (χ3n) is 4.10. The van der Waals surface area contributed by atoms with Gasteiger partial charge < -0.3 is 14.5 Å². The number of ether oxygens (including phenoxy) is 1. The number of rotatable bonds is 6. The molecule has 0 bridgehead atoms. The summed E-state index contributed by atoms with van der Waals surface area (Å²) in [4.78, 5) is 32.9. The Labute approximate surface area is 167 Å². The number of Topliss-reactive ketones (excluding diaryl/α,β-unsaturated/α-hetero) is 1. The Morgan fingerprint density at radius 2 is 2.00 bits per heavy atom. The van der Waals surface area contributed by atoms with Gasteiger partial charge in [0.25, 0.3) is 0 Å². The van der Waals surface area contributed by atoms with Gasteiger partial charge in [-0.3, -0.25) is 4.79 Å². The van der Waals surface area contributed by atoms with Gasteiger partial charge in [-0.2, -0.15) is 5.26 Å². The van der Waals surface area contributed by atoms with Crippen LogP contribution in [0.25, 0.3) is 11.4 Å². The van der Waals surface area contributed by atoms with Crippen molar-refractivity contribution >= 4 is 23.5 Å². The van der Waals surface area contributed by atoms with Crippen LogP contribution >= 0.6 is 0 Å². The summed E-state index contributed by atoms with van der Waals surface area (Å²) in [6.45, 7) is 4.80. The number of furan rings is 1. The molecule has 8 heteroatoms. The molecule has 0 aliphatic carbocycles. The highest BCUT2D eigenvalue weighted by molar-refractivity contribution is 6.00. The molecule has 0 radical (unpaired) electrons. The van der Waals surface area contributed by atoms with Gasteiger partial charge in [-0.15, -0.1) is 0 Å². The van der Waals surface area contributed by atoms with Crippen LogP contribution in [0.15, 0.2) is 40.9 Å². The van der Waals surface area contributed by atoms with Crippen molar-refractivity contribution < 1.29 is 18.7 Å². The van der Waals surface area contributed by atoms with Crippen molar-refractivity contribution in [2.75, 3.05) is 11.9 Å². The van der Waals surface area contributed by atoms with Crippen LogP contribution in [-0.2, 0) is 4.74 Å². The van der Waals surface area contributed by atoms with Crippen LogP contribution in [-0.4, -0.2) is 28.3 Å². The molecule has 0 aliphatic heterocycles. The van der Waals surface area contributed by atoms with Gasteiger partial charge in [0.1, 0.15) is 23.0 Å². The third kappa shape index (κ3) is 3.99. The number of hydrogen-bond donors (Lipinski definition) is 1. The first-order valence-corrected chi connectivity index (χ1v) is 8.87. The molecule has 0 unspecified atom stereocenters. The summed E-state index contributed by atoms with van der Waals surface area (Å²) in [7, 11) is 0. The highest BCUT2D eigenvalue weighted by Gasteiger charge is 2.24. The second kappa shape index (κ2) is 8.35. The Bertz CT molecular complexity index is 1110. The highest BCUT2D eigenvalue weighted by Crippen LogP contribution is 2.31. The number of hydrogen-bond acceptors (Lipinski definition) is 8. The first-order valence-electron chi connectivity index (χ1n) is 8.87. The molecule has 0 fully saturated rings. The number of nitriles is 1. The summed E-state index contributed by atoms with van der Waals surface area (Å²) in [5, 5.41) is 12.4. The van der Waals surface area contributed by atoms with Crippen molar-refractivity contribution in [2.24, 2.45) is 0 Å². The summed E-state index contributed by atoms with van der Waals surface area (Å²) < 4.78 is 10.6. The van der Waals surface area contributed by atoms with Crippen LogP contribution in [0.5, 0.6) is 0 Å². The van der Waals surface area contributed by atoms with E-state index in [1.54, 1.807) is 13.8 Å². The molecular weight excluding hydrogens is 372 g/mol. The lowest BCUT2D eigenvalue weighted by molar-refractivity contribution is 0.0526. The summed E-state index contributed by atoms with van der Waals surface area (Å²) in [5.74, 6) is -0.116. The van der Waals surface area contributed by atoms with Crippen LogP contribution in [0.1, 0.15) is 45.9 Å². The van der Waals surface area contributed by atoms with Crippen molar-refractivity contribution in [2.45, 2.75) is 20.8 Å². The normalized spacial score (nSPS) is 10.3. The molecule has 1 aromatic carbocycles. The van der Waals surface area contributed by atoms with Gasteiger partial charge in [0.2, 0.25) is 5.88 Å². The fourth-order valence-electron chi connectivity index (χ4n) is 2.83. The molecular formula is C21H18N4O4. The van der Waals surface area contributed by atoms with Gasteiger partial charge in [-0.25, -0.2) is 14.8 Å². The minimum Gasteiger partial charge on any atom is -0.462 e. The van der Waals surface area contributed by atoms with E-state index >= 15 is 0 Å². The Morgan fingerprint density at radius 3 is 2.62 bits per heavy atom. The number of nitrogens with zero attached hydrogens (tertiary/aromatic N) is 3. The zero-order chi connectivity index (χ0) is 21.0. The van der Waals surface area contributed by atoms with Gasteiger partial charge in [-0.1, -0.05) is 30.3 Å². The molecule has 0 aliphatic rings. The zero-order valence-electron chi connectivity index (χ0n) is 16.1. The average molecular weight is 390 g/mol. The van der Waals surface area contributed by atoms with E-state index in [2.05, 4.69) is 15.3 Å². The summed E-state index contributed by atoms with van der Waals surface area (Å²) in [6.07, 6.45) is 1.35. The van der Waals surface area contributed by atoms with Crippen molar-refractivity contribution in [1.29, 1.82) is 5.26 Å². The third-order valence-corrected chi connectivity index (χ3v) is 4.10. The molecule has 0 amide bonds. The SMILES string of the molecule is CCOC(=O)c1cnc(-c2ccccc2)nc1Nc1oc(C)c(C(C)=O)c1C#N. The first-order chi connectivity index (χ1) is 14.0. The van der Waals surface area contributed by atoms with E-state index in [9.17, 15) is 14.9 Å². The molecule has 0 atom stereocenters. The van der Waals surface area contributed by atoms with E-state index in [-0.39, 0.29) is 40.8 Å². The monoisotopic (exact) mass is 390 g/mol. The molecule has 3 aromatic rings. The van der Waals surface area contributed by atoms with Crippen molar-refractivity contribution in [3.63, 3.8) is 0 Å². The van der Waals surface area contributed by atoms with Crippen molar-refractivity contribution in [3.8, 4) is 17.5 Å². The number of carbonyl (C=O) groups is 2. The molecule has 0 saturated heterocycles. The smallest absolute Gasteiger partial charge is 0.343 e. The fraction of sp³-hybridized carbons (Fsp3) is 0.190.